The molecule has 0 bridgehead atoms. The lowest BCUT2D eigenvalue weighted by Crippen LogP contribution is -2.09. The molecule has 0 fully saturated rings. The maximum Gasteiger partial charge on any atom is 0.138 e. The SMILES string of the molecule is BrCCCCOSc1cccc2c1OCCC2. The van der Waals surface area contributed by atoms with Gasteiger partial charge in [-0.05, 0) is 37.3 Å². The van der Waals surface area contributed by atoms with Gasteiger partial charge in [-0.25, -0.2) is 0 Å². The lowest BCUT2D eigenvalue weighted by Gasteiger charge is -2.19. The summed E-state index contributed by atoms with van der Waals surface area (Å²) in [7, 11) is 0. The molecule has 0 amide bonds. The fourth-order valence-corrected chi connectivity index (χ4v) is 2.91. The Hall–Kier alpha value is -0.190. The fraction of sp³-hybridized carbons (Fsp3) is 0.538. The van der Waals surface area contributed by atoms with Crippen LogP contribution in [-0.2, 0) is 10.6 Å². The standard InChI is InChI=1S/C13H17BrO2S/c14-8-1-2-10-16-17-12-7-3-5-11-6-4-9-15-13(11)12/h3,5,7H,1-2,4,6,8-10H2. The monoisotopic (exact) mass is 316 g/mol. The zero-order valence-corrected chi connectivity index (χ0v) is 12.2. The van der Waals surface area contributed by atoms with Crippen LogP contribution in [0.2, 0.25) is 0 Å². The van der Waals surface area contributed by atoms with Crippen LogP contribution in [0.1, 0.15) is 24.8 Å². The number of hydrogen-bond acceptors (Lipinski definition) is 3. The number of unbranched alkanes of at least 4 members (excludes halogenated alkanes) is 1. The van der Waals surface area contributed by atoms with E-state index in [4.69, 9.17) is 8.92 Å². The molecule has 2 rings (SSSR count). The van der Waals surface area contributed by atoms with E-state index in [2.05, 4.69) is 34.1 Å². The molecule has 0 atom stereocenters. The van der Waals surface area contributed by atoms with Crippen LogP contribution in [0.15, 0.2) is 23.1 Å². The largest absolute Gasteiger partial charge is 0.492 e. The molecular formula is C13H17BrO2S. The topological polar surface area (TPSA) is 18.5 Å². The van der Waals surface area contributed by atoms with Crippen LogP contribution in [0, 0.1) is 0 Å². The number of alkyl halides is 1. The van der Waals surface area contributed by atoms with Crippen LogP contribution in [0.25, 0.3) is 0 Å². The van der Waals surface area contributed by atoms with Crippen LogP contribution in [0.5, 0.6) is 5.75 Å². The van der Waals surface area contributed by atoms with Crippen molar-refractivity contribution in [2.75, 3.05) is 18.5 Å². The summed E-state index contributed by atoms with van der Waals surface area (Å²) in [6.45, 7) is 1.62. The Morgan fingerprint density at radius 3 is 3.18 bits per heavy atom. The van der Waals surface area contributed by atoms with Gasteiger partial charge in [0, 0.05) is 17.4 Å². The third-order valence-electron chi connectivity index (χ3n) is 2.66. The summed E-state index contributed by atoms with van der Waals surface area (Å²) in [5.74, 6) is 1.03. The first-order valence-corrected chi connectivity index (χ1v) is 7.88. The number of para-hydroxylation sites is 1. The lowest BCUT2D eigenvalue weighted by molar-refractivity contribution is 0.279. The van der Waals surface area contributed by atoms with Crippen molar-refractivity contribution in [1.29, 1.82) is 0 Å². The highest BCUT2D eigenvalue weighted by Crippen LogP contribution is 2.36. The van der Waals surface area contributed by atoms with Gasteiger partial charge in [-0.1, -0.05) is 28.1 Å². The number of rotatable bonds is 6. The second-order valence-corrected chi connectivity index (χ2v) is 5.63. The highest BCUT2D eigenvalue weighted by atomic mass is 79.9. The number of halogens is 1. The van der Waals surface area contributed by atoms with Crippen molar-refractivity contribution >= 4 is 28.0 Å². The molecular weight excluding hydrogens is 300 g/mol. The van der Waals surface area contributed by atoms with Gasteiger partial charge in [0.2, 0.25) is 0 Å². The lowest BCUT2D eigenvalue weighted by atomic mass is 10.1. The second-order valence-electron chi connectivity index (χ2n) is 4.00. The molecule has 0 unspecified atom stereocenters. The van der Waals surface area contributed by atoms with Crippen LogP contribution >= 0.6 is 28.0 Å². The maximum absolute atomic E-state index is 5.72. The molecule has 0 saturated heterocycles. The number of aryl methyl sites for hydroxylation is 1. The average Bonchev–Trinajstić information content (AvgIpc) is 2.39. The van der Waals surface area contributed by atoms with Crippen LogP contribution in [0.3, 0.4) is 0 Å². The van der Waals surface area contributed by atoms with Gasteiger partial charge in [-0.2, -0.15) is 0 Å². The van der Waals surface area contributed by atoms with E-state index in [-0.39, 0.29) is 0 Å². The van der Waals surface area contributed by atoms with Crippen molar-refractivity contribution in [3.05, 3.63) is 23.8 Å². The molecule has 1 aliphatic rings. The van der Waals surface area contributed by atoms with Crippen molar-refractivity contribution in [3.8, 4) is 5.75 Å². The molecule has 0 radical (unpaired) electrons. The van der Waals surface area contributed by atoms with E-state index in [9.17, 15) is 0 Å². The van der Waals surface area contributed by atoms with E-state index < -0.39 is 0 Å². The molecule has 1 aliphatic heterocycles. The maximum atomic E-state index is 5.72. The molecule has 4 heteroatoms. The smallest absolute Gasteiger partial charge is 0.138 e. The highest BCUT2D eigenvalue weighted by Gasteiger charge is 2.14. The quantitative estimate of drug-likeness (QED) is 0.445. The predicted molar refractivity (Wildman–Crippen MR) is 75.1 cm³/mol. The van der Waals surface area contributed by atoms with E-state index in [0.717, 1.165) is 54.9 Å². The Bertz CT molecular complexity index is 357. The van der Waals surface area contributed by atoms with Crippen molar-refractivity contribution in [2.24, 2.45) is 0 Å². The predicted octanol–water partition coefficient (Wildman–Crippen LogP) is 4.21. The number of ether oxygens (including phenoxy) is 1. The number of hydrogen-bond donors (Lipinski definition) is 0. The Morgan fingerprint density at radius 1 is 1.35 bits per heavy atom. The number of fused-ring (bicyclic) bond motifs is 1. The Labute approximate surface area is 115 Å². The minimum atomic E-state index is 0.792. The molecule has 0 aliphatic carbocycles. The van der Waals surface area contributed by atoms with E-state index in [1.807, 2.05) is 0 Å². The summed E-state index contributed by atoms with van der Waals surface area (Å²) >= 11 is 4.86. The molecule has 1 aromatic rings. The van der Waals surface area contributed by atoms with Crippen LogP contribution in [0.4, 0.5) is 0 Å². The molecule has 2 nitrogen and oxygen atoms in total. The van der Waals surface area contributed by atoms with E-state index in [1.54, 1.807) is 0 Å². The summed E-state index contributed by atoms with van der Waals surface area (Å²) in [5.41, 5.74) is 1.31. The van der Waals surface area contributed by atoms with E-state index in [0.29, 0.717) is 0 Å². The van der Waals surface area contributed by atoms with Crippen molar-refractivity contribution in [3.63, 3.8) is 0 Å². The third kappa shape index (κ3) is 3.90. The van der Waals surface area contributed by atoms with E-state index >= 15 is 0 Å². The zero-order valence-electron chi connectivity index (χ0n) is 9.78. The van der Waals surface area contributed by atoms with Gasteiger partial charge >= 0.3 is 0 Å². The average molecular weight is 317 g/mol. The summed E-state index contributed by atoms with van der Waals surface area (Å²) in [6, 6.07) is 6.29. The second kappa shape index (κ2) is 7.29. The summed E-state index contributed by atoms with van der Waals surface area (Å²) in [4.78, 5) is 1.11. The third-order valence-corrected chi connectivity index (χ3v) is 4.00. The normalized spacial score (nSPS) is 14.2. The first kappa shape index (κ1) is 13.2. The molecule has 1 heterocycles. The molecule has 0 N–H and O–H groups in total. The van der Waals surface area contributed by atoms with Crippen molar-refractivity contribution < 1.29 is 8.92 Å². The van der Waals surface area contributed by atoms with Crippen molar-refractivity contribution in [1.82, 2.24) is 0 Å². The van der Waals surface area contributed by atoms with Gasteiger partial charge in [0.15, 0.2) is 0 Å². The first-order chi connectivity index (χ1) is 8.42. The molecule has 0 saturated carbocycles. The van der Waals surface area contributed by atoms with Gasteiger partial charge in [0.25, 0.3) is 0 Å². The highest BCUT2D eigenvalue weighted by molar-refractivity contribution is 9.09. The van der Waals surface area contributed by atoms with Crippen molar-refractivity contribution in [2.45, 2.75) is 30.6 Å². The minimum Gasteiger partial charge on any atom is -0.492 e. The Balaban J connectivity index is 1.87. The summed E-state index contributed by atoms with van der Waals surface area (Å²) in [5, 5.41) is 1.05. The molecule has 0 aromatic heterocycles. The van der Waals surface area contributed by atoms with Gasteiger partial charge in [0.1, 0.15) is 5.75 Å². The summed E-state index contributed by atoms with van der Waals surface area (Å²) in [6.07, 6.45) is 4.48. The van der Waals surface area contributed by atoms with Gasteiger partial charge in [0.05, 0.1) is 18.1 Å². The Kier molecular flexibility index (Phi) is 5.68. The molecule has 94 valence electrons. The molecule has 17 heavy (non-hydrogen) atoms. The summed E-state index contributed by atoms with van der Waals surface area (Å²) < 4.78 is 11.3. The Morgan fingerprint density at radius 2 is 2.29 bits per heavy atom. The van der Waals surface area contributed by atoms with Gasteiger partial charge in [-0.15, -0.1) is 0 Å². The minimum absolute atomic E-state index is 0.792. The van der Waals surface area contributed by atoms with Gasteiger partial charge < -0.3 is 8.92 Å². The number of benzene rings is 1. The molecule has 0 spiro atoms. The fourth-order valence-electron chi connectivity index (χ4n) is 1.79. The van der Waals surface area contributed by atoms with Crippen LogP contribution < -0.4 is 4.74 Å². The zero-order chi connectivity index (χ0) is 11.9. The molecule has 1 aromatic carbocycles. The van der Waals surface area contributed by atoms with Gasteiger partial charge in [-0.3, -0.25) is 0 Å². The van der Waals surface area contributed by atoms with E-state index in [1.165, 1.54) is 17.6 Å². The van der Waals surface area contributed by atoms with Crippen LogP contribution in [-0.4, -0.2) is 18.5 Å². The first-order valence-electron chi connectivity index (χ1n) is 6.02.